The van der Waals surface area contributed by atoms with Gasteiger partial charge in [0.05, 0.1) is 11.5 Å². The number of anilines is 3. The molecule has 0 fully saturated rings. The van der Waals surface area contributed by atoms with Crippen molar-refractivity contribution < 1.29 is 4.92 Å². The highest BCUT2D eigenvalue weighted by Gasteiger charge is 2.29. The Morgan fingerprint density at radius 3 is 2.41 bits per heavy atom. The average molecular weight is 365 g/mol. The highest BCUT2D eigenvalue weighted by atomic mass is 16.6. The van der Waals surface area contributed by atoms with Crippen LogP contribution in [0.15, 0.2) is 61.1 Å². The van der Waals surface area contributed by atoms with Gasteiger partial charge in [0.2, 0.25) is 11.6 Å². The molecular formula is C18H19N7O2. The molecule has 0 spiro atoms. The van der Waals surface area contributed by atoms with Crippen molar-refractivity contribution in [3.8, 4) is 0 Å². The van der Waals surface area contributed by atoms with Crippen LogP contribution < -0.4 is 10.3 Å². The Labute approximate surface area is 156 Å². The molecule has 27 heavy (non-hydrogen) atoms. The number of hydrazine groups is 1. The Hall–Kier alpha value is -3.59. The molecule has 9 heteroatoms. The molecule has 2 aromatic heterocycles. The topological polar surface area (TPSA) is 100 Å². The van der Waals surface area contributed by atoms with E-state index in [4.69, 9.17) is 0 Å². The summed E-state index contributed by atoms with van der Waals surface area (Å²) in [7, 11) is 3.46. The van der Waals surface area contributed by atoms with E-state index in [0.29, 0.717) is 12.4 Å². The number of nitro groups is 1. The number of hydrogen-bond donors (Lipinski definition) is 1. The van der Waals surface area contributed by atoms with Gasteiger partial charge in [0, 0.05) is 20.3 Å². The molecule has 0 aliphatic carbocycles. The Morgan fingerprint density at radius 2 is 1.78 bits per heavy atom. The first-order valence-corrected chi connectivity index (χ1v) is 8.22. The molecule has 1 N–H and O–H groups in total. The fourth-order valence-corrected chi connectivity index (χ4v) is 2.57. The summed E-state index contributed by atoms with van der Waals surface area (Å²) in [5.41, 5.74) is 3.61. The number of benzene rings is 1. The first kappa shape index (κ1) is 18.2. The molecule has 0 bridgehead atoms. The third kappa shape index (κ3) is 4.33. The van der Waals surface area contributed by atoms with Gasteiger partial charge in [-0.15, -0.1) is 0 Å². The summed E-state index contributed by atoms with van der Waals surface area (Å²) in [5, 5.41) is 13.4. The van der Waals surface area contributed by atoms with Crippen molar-refractivity contribution in [3.05, 3.63) is 76.7 Å². The Kier molecular flexibility index (Phi) is 5.53. The van der Waals surface area contributed by atoms with Gasteiger partial charge in [-0.05, 0) is 17.7 Å². The van der Waals surface area contributed by atoms with E-state index in [9.17, 15) is 10.1 Å². The number of aromatic nitrogens is 3. The minimum Gasteiger partial charge on any atom is -0.301 e. The molecule has 0 saturated heterocycles. The first-order chi connectivity index (χ1) is 13.1. The highest BCUT2D eigenvalue weighted by molar-refractivity contribution is 5.74. The minimum atomic E-state index is -0.484. The van der Waals surface area contributed by atoms with Crippen molar-refractivity contribution in [1.82, 2.24) is 20.0 Å². The third-order valence-electron chi connectivity index (χ3n) is 3.68. The first-order valence-electron chi connectivity index (χ1n) is 8.22. The van der Waals surface area contributed by atoms with E-state index < -0.39 is 4.92 Å². The lowest BCUT2D eigenvalue weighted by Gasteiger charge is -2.23. The molecule has 3 rings (SSSR count). The van der Waals surface area contributed by atoms with Gasteiger partial charge in [-0.1, -0.05) is 36.4 Å². The molecule has 138 valence electrons. The summed E-state index contributed by atoms with van der Waals surface area (Å²) < 4.78 is 0. The molecule has 3 aromatic rings. The molecule has 9 nitrogen and oxygen atoms in total. The predicted molar refractivity (Wildman–Crippen MR) is 103 cm³/mol. The zero-order valence-electron chi connectivity index (χ0n) is 15.0. The van der Waals surface area contributed by atoms with Crippen LogP contribution in [-0.4, -0.2) is 39.0 Å². The van der Waals surface area contributed by atoms with Gasteiger partial charge in [0.25, 0.3) is 0 Å². The van der Waals surface area contributed by atoms with Crippen LogP contribution >= 0.6 is 0 Å². The summed E-state index contributed by atoms with van der Waals surface area (Å²) in [6.45, 7) is 0.372. The second-order valence-corrected chi connectivity index (χ2v) is 5.92. The average Bonchev–Trinajstić information content (AvgIpc) is 2.67. The van der Waals surface area contributed by atoms with Crippen molar-refractivity contribution in [2.45, 2.75) is 6.54 Å². The van der Waals surface area contributed by atoms with Gasteiger partial charge in [-0.25, -0.2) is 20.0 Å². The lowest BCUT2D eigenvalue weighted by atomic mass is 10.2. The van der Waals surface area contributed by atoms with Gasteiger partial charge in [0.1, 0.15) is 12.1 Å². The van der Waals surface area contributed by atoms with Crippen LogP contribution in [-0.2, 0) is 6.54 Å². The fraction of sp³-hybridized carbons (Fsp3) is 0.167. The van der Waals surface area contributed by atoms with Crippen LogP contribution in [0.5, 0.6) is 0 Å². The quantitative estimate of drug-likeness (QED) is 0.504. The minimum absolute atomic E-state index is 0.115. The number of pyridine rings is 1. The largest absolute Gasteiger partial charge is 0.355 e. The number of nitrogens with zero attached hydrogens (tertiary/aromatic N) is 6. The van der Waals surface area contributed by atoms with Crippen LogP contribution in [0.1, 0.15) is 5.56 Å². The van der Waals surface area contributed by atoms with E-state index in [1.807, 2.05) is 36.4 Å². The molecule has 0 amide bonds. The summed E-state index contributed by atoms with van der Waals surface area (Å²) in [5.74, 6) is 0.838. The molecule has 0 unspecified atom stereocenters. The zero-order chi connectivity index (χ0) is 19.2. The monoisotopic (exact) mass is 365 g/mol. The van der Waals surface area contributed by atoms with Crippen molar-refractivity contribution in [3.63, 3.8) is 0 Å². The van der Waals surface area contributed by atoms with E-state index in [0.717, 1.165) is 5.56 Å². The molecule has 1 aromatic carbocycles. The maximum absolute atomic E-state index is 11.8. The third-order valence-corrected chi connectivity index (χ3v) is 3.68. The maximum atomic E-state index is 11.8. The number of hydrogen-bond acceptors (Lipinski definition) is 8. The second kappa shape index (κ2) is 8.19. The zero-order valence-corrected chi connectivity index (χ0v) is 15.0. The molecule has 0 aliphatic rings. The van der Waals surface area contributed by atoms with Crippen molar-refractivity contribution in [2.24, 2.45) is 0 Å². The molecular weight excluding hydrogens is 346 g/mol. The molecule has 0 radical (unpaired) electrons. The smallest absolute Gasteiger partial charge is 0.301 e. The van der Waals surface area contributed by atoms with Crippen LogP contribution in [0.3, 0.4) is 0 Å². The van der Waals surface area contributed by atoms with Crippen molar-refractivity contribution in [1.29, 1.82) is 0 Å². The summed E-state index contributed by atoms with van der Waals surface area (Å²) in [6, 6.07) is 15.0. The SMILES string of the molecule is CN(C)Nc1ncnc(N(Cc2ccccc2)c2ccccn2)c1[N+](=O)[O-]. The normalized spacial score (nSPS) is 10.6. The van der Waals surface area contributed by atoms with Crippen LogP contribution in [0.2, 0.25) is 0 Å². The van der Waals surface area contributed by atoms with Gasteiger partial charge < -0.3 is 4.90 Å². The van der Waals surface area contributed by atoms with Gasteiger partial charge in [0.15, 0.2) is 0 Å². The van der Waals surface area contributed by atoms with E-state index in [1.54, 1.807) is 42.3 Å². The van der Waals surface area contributed by atoms with Crippen LogP contribution in [0.4, 0.5) is 23.1 Å². The standard InChI is InChI=1S/C18H19N7O2/c1-23(2)22-17-16(25(26)27)18(21-13-20-17)24(15-10-6-7-11-19-15)12-14-8-4-3-5-9-14/h3-11,13H,12H2,1-2H3,(H,20,21,22). The molecule has 0 atom stereocenters. The molecule has 0 saturated carbocycles. The summed E-state index contributed by atoms with van der Waals surface area (Å²) in [4.78, 5) is 25.7. The molecule has 2 heterocycles. The summed E-state index contributed by atoms with van der Waals surface area (Å²) in [6.07, 6.45) is 2.94. The van der Waals surface area contributed by atoms with Crippen molar-refractivity contribution >= 4 is 23.1 Å². The van der Waals surface area contributed by atoms with Crippen molar-refractivity contribution in [2.75, 3.05) is 24.4 Å². The number of rotatable bonds is 7. The van der Waals surface area contributed by atoms with Crippen LogP contribution in [0, 0.1) is 10.1 Å². The lowest BCUT2D eigenvalue weighted by molar-refractivity contribution is -0.383. The second-order valence-electron chi connectivity index (χ2n) is 5.92. The van der Waals surface area contributed by atoms with Crippen LogP contribution in [0.25, 0.3) is 0 Å². The Morgan fingerprint density at radius 1 is 1.04 bits per heavy atom. The maximum Gasteiger partial charge on any atom is 0.355 e. The van der Waals surface area contributed by atoms with E-state index in [2.05, 4.69) is 20.4 Å². The van der Waals surface area contributed by atoms with Gasteiger partial charge in [-0.2, -0.15) is 0 Å². The fourth-order valence-electron chi connectivity index (χ4n) is 2.57. The van der Waals surface area contributed by atoms with E-state index >= 15 is 0 Å². The van der Waals surface area contributed by atoms with E-state index in [1.165, 1.54) is 6.33 Å². The predicted octanol–water partition coefficient (Wildman–Crippen LogP) is 3.01. The summed E-state index contributed by atoms with van der Waals surface area (Å²) >= 11 is 0. The highest BCUT2D eigenvalue weighted by Crippen LogP contribution is 2.36. The number of nitrogens with one attached hydrogen (secondary N) is 1. The molecule has 0 aliphatic heterocycles. The Balaban J connectivity index is 2.13. The van der Waals surface area contributed by atoms with Gasteiger partial charge in [-0.3, -0.25) is 15.5 Å². The van der Waals surface area contributed by atoms with Gasteiger partial charge >= 0.3 is 5.69 Å². The Bertz CT molecular complexity index is 904. The lowest BCUT2D eigenvalue weighted by Crippen LogP contribution is -2.24. The van der Waals surface area contributed by atoms with E-state index in [-0.39, 0.29) is 17.3 Å².